The third kappa shape index (κ3) is 4.18. The molecule has 0 unspecified atom stereocenters. The predicted octanol–water partition coefficient (Wildman–Crippen LogP) is 2.84. The van der Waals surface area contributed by atoms with Crippen LogP contribution in [0.1, 0.15) is 22.7 Å². The average Bonchev–Trinajstić information content (AvgIpc) is 3.38. The van der Waals surface area contributed by atoms with Crippen molar-refractivity contribution in [2.24, 2.45) is 0 Å². The summed E-state index contributed by atoms with van der Waals surface area (Å²) in [6, 6.07) is 6.30. The number of amides is 1. The smallest absolute Gasteiger partial charge is 0.471 e. The molecular formula is C18H14F3N5O3. The van der Waals surface area contributed by atoms with E-state index >= 15 is 0 Å². The summed E-state index contributed by atoms with van der Waals surface area (Å²) >= 11 is 0. The van der Waals surface area contributed by atoms with Gasteiger partial charge in [-0.05, 0) is 24.3 Å². The molecule has 1 aliphatic heterocycles. The first-order chi connectivity index (χ1) is 13.9. The number of hydrogen-bond donors (Lipinski definition) is 0. The van der Waals surface area contributed by atoms with E-state index in [1.807, 2.05) is 0 Å². The fourth-order valence-corrected chi connectivity index (χ4v) is 2.90. The highest BCUT2D eigenvalue weighted by molar-refractivity contribution is 5.94. The molecule has 1 atom stereocenters. The van der Waals surface area contributed by atoms with Crippen molar-refractivity contribution in [3.05, 3.63) is 54.3 Å². The second kappa shape index (κ2) is 7.49. The lowest BCUT2D eigenvalue weighted by Gasteiger charge is -2.17. The maximum Gasteiger partial charge on any atom is 0.471 e. The molecule has 4 heterocycles. The van der Waals surface area contributed by atoms with Crippen molar-refractivity contribution in [1.82, 2.24) is 25.0 Å². The quantitative estimate of drug-likeness (QED) is 0.659. The average molecular weight is 405 g/mol. The Morgan fingerprint density at radius 3 is 2.66 bits per heavy atom. The minimum absolute atomic E-state index is 0.0930. The number of pyridine rings is 2. The van der Waals surface area contributed by atoms with E-state index in [9.17, 15) is 18.0 Å². The van der Waals surface area contributed by atoms with Crippen LogP contribution in [0, 0.1) is 0 Å². The van der Waals surface area contributed by atoms with Crippen molar-refractivity contribution in [1.29, 1.82) is 0 Å². The van der Waals surface area contributed by atoms with Crippen LogP contribution >= 0.6 is 0 Å². The van der Waals surface area contributed by atoms with Crippen LogP contribution in [0.25, 0.3) is 11.5 Å². The molecule has 3 aromatic rings. The lowest BCUT2D eigenvalue weighted by atomic mass is 10.2. The van der Waals surface area contributed by atoms with E-state index in [1.54, 1.807) is 35.5 Å². The minimum Gasteiger partial charge on any atom is -0.487 e. The summed E-state index contributed by atoms with van der Waals surface area (Å²) in [6.07, 6.45) is 0.217. The molecule has 0 spiro atoms. The van der Waals surface area contributed by atoms with Gasteiger partial charge in [-0.15, -0.1) is 0 Å². The van der Waals surface area contributed by atoms with Crippen LogP contribution in [0.3, 0.4) is 0 Å². The van der Waals surface area contributed by atoms with Crippen LogP contribution in [0.4, 0.5) is 13.2 Å². The summed E-state index contributed by atoms with van der Waals surface area (Å²) in [4.78, 5) is 25.3. The molecule has 1 aliphatic rings. The maximum absolute atomic E-state index is 12.5. The summed E-state index contributed by atoms with van der Waals surface area (Å²) in [7, 11) is 0. The highest BCUT2D eigenvalue weighted by Crippen LogP contribution is 2.29. The van der Waals surface area contributed by atoms with Crippen molar-refractivity contribution in [2.45, 2.75) is 18.7 Å². The summed E-state index contributed by atoms with van der Waals surface area (Å²) in [5.41, 5.74) is 0.683. The topological polar surface area (TPSA) is 94.2 Å². The van der Waals surface area contributed by atoms with Crippen molar-refractivity contribution in [3.8, 4) is 17.3 Å². The first-order valence-corrected chi connectivity index (χ1v) is 8.63. The SMILES string of the molecule is O=C(c1ccncc1)N1CC[C@H](Oc2ccc(-c3noc(C(F)(F)F)n3)nc2)C1. The zero-order valence-electron chi connectivity index (χ0n) is 14.8. The molecule has 1 amide bonds. The first kappa shape index (κ1) is 18.8. The molecule has 150 valence electrons. The molecule has 0 bridgehead atoms. The predicted molar refractivity (Wildman–Crippen MR) is 91.7 cm³/mol. The van der Waals surface area contributed by atoms with E-state index in [2.05, 4.69) is 24.6 Å². The number of carbonyl (C=O) groups is 1. The molecule has 1 fully saturated rings. The Morgan fingerprint density at radius 1 is 1.21 bits per heavy atom. The molecule has 0 aromatic carbocycles. The van der Waals surface area contributed by atoms with Crippen LogP contribution in [-0.2, 0) is 6.18 Å². The van der Waals surface area contributed by atoms with Crippen molar-refractivity contribution in [3.63, 3.8) is 0 Å². The zero-order chi connectivity index (χ0) is 20.4. The van der Waals surface area contributed by atoms with Crippen LogP contribution in [0.5, 0.6) is 5.75 Å². The van der Waals surface area contributed by atoms with Crippen molar-refractivity contribution < 1.29 is 27.2 Å². The van der Waals surface area contributed by atoms with Gasteiger partial charge in [-0.3, -0.25) is 9.78 Å². The van der Waals surface area contributed by atoms with Gasteiger partial charge >= 0.3 is 12.1 Å². The Bertz CT molecular complexity index is 992. The van der Waals surface area contributed by atoms with E-state index in [-0.39, 0.29) is 23.5 Å². The number of carbonyl (C=O) groups excluding carboxylic acids is 1. The number of aromatic nitrogens is 4. The number of alkyl halides is 3. The van der Waals surface area contributed by atoms with E-state index < -0.39 is 12.1 Å². The number of ether oxygens (including phenoxy) is 1. The first-order valence-electron chi connectivity index (χ1n) is 8.63. The Hall–Kier alpha value is -3.50. The van der Waals surface area contributed by atoms with E-state index in [0.717, 1.165) is 0 Å². The second-order valence-electron chi connectivity index (χ2n) is 6.32. The lowest BCUT2D eigenvalue weighted by Crippen LogP contribution is -2.30. The maximum atomic E-state index is 12.5. The normalized spacial score (nSPS) is 16.8. The van der Waals surface area contributed by atoms with Gasteiger partial charge in [-0.1, -0.05) is 5.16 Å². The third-order valence-corrected chi connectivity index (χ3v) is 4.30. The molecule has 3 aromatic heterocycles. The second-order valence-corrected chi connectivity index (χ2v) is 6.32. The molecular weight excluding hydrogens is 391 g/mol. The van der Waals surface area contributed by atoms with Crippen LogP contribution < -0.4 is 4.74 Å². The molecule has 11 heteroatoms. The van der Waals surface area contributed by atoms with E-state index in [4.69, 9.17) is 4.74 Å². The number of halogens is 3. The molecule has 1 saturated heterocycles. The van der Waals surface area contributed by atoms with Gasteiger partial charge in [0.15, 0.2) is 0 Å². The summed E-state index contributed by atoms with van der Waals surface area (Å²) in [5, 5.41) is 3.29. The summed E-state index contributed by atoms with van der Waals surface area (Å²) in [6.45, 7) is 0.975. The van der Waals surface area contributed by atoms with Gasteiger partial charge in [0.1, 0.15) is 17.5 Å². The number of hydrogen-bond acceptors (Lipinski definition) is 7. The molecule has 29 heavy (non-hydrogen) atoms. The van der Waals surface area contributed by atoms with Crippen molar-refractivity contribution >= 4 is 5.91 Å². The molecule has 0 saturated carbocycles. The fraction of sp³-hybridized carbons (Fsp3) is 0.278. The molecule has 0 aliphatic carbocycles. The van der Waals surface area contributed by atoms with Gasteiger partial charge < -0.3 is 14.2 Å². The van der Waals surface area contributed by atoms with Crippen LogP contribution in [-0.4, -0.2) is 50.1 Å². The summed E-state index contributed by atoms with van der Waals surface area (Å²) < 4.78 is 47.6. The largest absolute Gasteiger partial charge is 0.487 e. The van der Waals surface area contributed by atoms with Gasteiger partial charge in [-0.2, -0.15) is 18.2 Å². The van der Waals surface area contributed by atoms with Gasteiger partial charge in [0.2, 0.25) is 5.82 Å². The van der Waals surface area contributed by atoms with Gasteiger partial charge in [-0.25, -0.2) is 4.98 Å². The number of nitrogens with zero attached hydrogens (tertiary/aromatic N) is 5. The van der Waals surface area contributed by atoms with Crippen LogP contribution in [0.2, 0.25) is 0 Å². The Kier molecular flexibility index (Phi) is 4.87. The standard InChI is InChI=1S/C18H14F3N5O3/c19-18(20,21)17-24-15(25-29-17)14-2-1-12(9-23-14)28-13-5-8-26(10-13)16(27)11-3-6-22-7-4-11/h1-4,6-7,9,13H,5,8,10H2/t13-/m0/s1. The van der Waals surface area contributed by atoms with E-state index in [1.165, 1.54) is 12.3 Å². The molecule has 0 radical (unpaired) electrons. The monoisotopic (exact) mass is 405 g/mol. The minimum atomic E-state index is -4.71. The lowest BCUT2D eigenvalue weighted by molar-refractivity contribution is -0.159. The van der Waals surface area contributed by atoms with Crippen LogP contribution in [0.15, 0.2) is 47.4 Å². The van der Waals surface area contributed by atoms with Gasteiger partial charge in [0.25, 0.3) is 5.91 Å². The van der Waals surface area contributed by atoms with Crippen molar-refractivity contribution in [2.75, 3.05) is 13.1 Å². The highest BCUT2D eigenvalue weighted by Gasteiger charge is 2.38. The van der Waals surface area contributed by atoms with Gasteiger partial charge in [0.05, 0.1) is 12.7 Å². The van der Waals surface area contributed by atoms with E-state index in [0.29, 0.717) is 30.8 Å². The third-order valence-electron chi connectivity index (χ3n) is 4.30. The Balaban J connectivity index is 1.37. The fourth-order valence-electron chi connectivity index (χ4n) is 2.90. The van der Waals surface area contributed by atoms with Gasteiger partial charge in [0, 0.05) is 30.9 Å². The summed E-state index contributed by atoms with van der Waals surface area (Å²) in [5.74, 6) is -1.36. The molecule has 0 N–H and O–H groups in total. The number of rotatable bonds is 4. The Labute approximate surface area is 162 Å². The molecule has 4 rings (SSSR count). The Morgan fingerprint density at radius 2 is 2.00 bits per heavy atom. The molecule has 8 nitrogen and oxygen atoms in total. The zero-order valence-corrected chi connectivity index (χ0v) is 14.8. The highest BCUT2D eigenvalue weighted by atomic mass is 19.4. The number of likely N-dealkylation sites (tertiary alicyclic amines) is 1.